The first kappa shape index (κ1) is 23.3. The van der Waals surface area contributed by atoms with Gasteiger partial charge in [-0.2, -0.15) is 0 Å². The predicted octanol–water partition coefficient (Wildman–Crippen LogP) is 3.99. The number of allylic oxidation sites excluding steroid dienone is 1. The second-order valence-electron chi connectivity index (χ2n) is 8.58. The van der Waals surface area contributed by atoms with Crippen molar-refractivity contribution < 1.29 is 9.13 Å². The highest BCUT2D eigenvalue weighted by molar-refractivity contribution is 6.31. The summed E-state index contributed by atoms with van der Waals surface area (Å²) in [6, 6.07) is 4.41. The van der Waals surface area contributed by atoms with E-state index >= 15 is 0 Å². The number of ether oxygens (including phenoxy) is 1. The summed E-state index contributed by atoms with van der Waals surface area (Å²) in [5.74, 6) is 0.670. The number of likely N-dealkylation sites (tertiary alicyclic amines) is 1. The Bertz CT molecular complexity index is 881. The van der Waals surface area contributed by atoms with Crippen LogP contribution in [0.4, 0.5) is 4.39 Å². The number of hydrogen-bond acceptors (Lipinski definition) is 4. The van der Waals surface area contributed by atoms with Gasteiger partial charge in [-0.05, 0) is 51.9 Å². The van der Waals surface area contributed by atoms with Crippen LogP contribution in [0.3, 0.4) is 0 Å². The summed E-state index contributed by atoms with van der Waals surface area (Å²) < 4.78 is 20.6. The molecule has 0 bridgehead atoms. The van der Waals surface area contributed by atoms with Crippen LogP contribution in [0.25, 0.3) is 0 Å². The third kappa shape index (κ3) is 5.46. The van der Waals surface area contributed by atoms with Gasteiger partial charge in [-0.3, -0.25) is 15.3 Å². The molecule has 0 spiro atoms. The van der Waals surface area contributed by atoms with Crippen molar-refractivity contribution in [2.24, 2.45) is 22.4 Å². The van der Waals surface area contributed by atoms with Crippen LogP contribution in [-0.4, -0.2) is 41.8 Å². The molecule has 2 aliphatic rings. The molecule has 1 aromatic rings. The largest absolute Gasteiger partial charge is 0.491 e. The molecule has 1 aliphatic carbocycles. The van der Waals surface area contributed by atoms with Gasteiger partial charge in [0, 0.05) is 29.5 Å². The molecule has 0 saturated carbocycles. The van der Waals surface area contributed by atoms with Crippen LogP contribution in [0.1, 0.15) is 38.7 Å². The van der Waals surface area contributed by atoms with Gasteiger partial charge in [0.15, 0.2) is 0 Å². The number of hydrogen-bond donors (Lipinski definition) is 3. The van der Waals surface area contributed by atoms with Crippen LogP contribution in [0.15, 0.2) is 46.7 Å². The number of nitrogens with zero attached hydrogens (tertiary/aromatic N) is 2. The Hall–Kier alpha value is -2.38. The van der Waals surface area contributed by atoms with Gasteiger partial charge in [0.05, 0.1) is 11.9 Å². The summed E-state index contributed by atoms with van der Waals surface area (Å²) in [4.78, 5) is 6.43. The van der Waals surface area contributed by atoms with Crippen molar-refractivity contribution in [3.8, 4) is 0 Å². The van der Waals surface area contributed by atoms with Crippen LogP contribution >= 0.6 is 11.6 Å². The maximum Gasteiger partial charge on any atom is 0.129 e. The molecule has 1 aromatic carbocycles. The fraction of sp³-hybridized carbons (Fsp3) is 0.478. The Morgan fingerprint density at radius 2 is 2.10 bits per heavy atom. The summed E-state index contributed by atoms with van der Waals surface area (Å²) in [6.45, 7) is 6.32. The first-order valence-corrected chi connectivity index (χ1v) is 10.9. The number of nitrogens with two attached hydrogens (primary N) is 2. The molecule has 8 heteroatoms. The molecule has 1 saturated heterocycles. The van der Waals surface area contributed by atoms with E-state index in [1.807, 2.05) is 12.2 Å². The smallest absolute Gasteiger partial charge is 0.129 e. The minimum atomic E-state index is -0.445. The molecule has 168 valence electrons. The third-order valence-electron chi connectivity index (χ3n) is 6.16. The number of nitrogens with one attached hydrogen (secondary N) is 1. The number of benzene rings is 1. The highest BCUT2D eigenvalue weighted by Gasteiger charge is 2.36. The van der Waals surface area contributed by atoms with Crippen molar-refractivity contribution in [2.45, 2.75) is 51.3 Å². The minimum absolute atomic E-state index is 0.0534. The zero-order chi connectivity index (χ0) is 22.6. The van der Waals surface area contributed by atoms with Crippen molar-refractivity contribution in [3.63, 3.8) is 0 Å². The molecule has 6 nitrogen and oxygen atoms in total. The predicted molar refractivity (Wildman–Crippen MR) is 124 cm³/mol. The first-order chi connectivity index (χ1) is 14.7. The van der Waals surface area contributed by atoms with E-state index in [2.05, 4.69) is 23.7 Å². The number of amidine groups is 1. The number of halogens is 2. The summed E-state index contributed by atoms with van der Waals surface area (Å²) in [7, 11) is 0. The molecule has 0 radical (unpaired) electrons. The molecule has 31 heavy (non-hydrogen) atoms. The monoisotopic (exact) mass is 447 g/mol. The molecule has 1 fully saturated rings. The van der Waals surface area contributed by atoms with Crippen molar-refractivity contribution in [1.82, 2.24) is 4.90 Å². The van der Waals surface area contributed by atoms with E-state index in [1.165, 1.54) is 12.4 Å². The summed E-state index contributed by atoms with van der Waals surface area (Å²) in [5.41, 5.74) is 12.0. The van der Waals surface area contributed by atoms with E-state index in [-0.39, 0.29) is 11.7 Å². The van der Waals surface area contributed by atoms with Crippen LogP contribution in [0, 0.1) is 17.1 Å². The molecule has 1 heterocycles. The Morgan fingerprint density at radius 3 is 2.71 bits per heavy atom. The molecule has 0 amide bonds. The van der Waals surface area contributed by atoms with Crippen LogP contribution in [0.2, 0.25) is 5.02 Å². The maximum absolute atomic E-state index is 14.1. The first-order valence-electron chi connectivity index (χ1n) is 10.5. The molecule has 3 rings (SSSR count). The normalized spacial score (nSPS) is 21.1. The number of aliphatic imine (C=N–C) groups is 1. The van der Waals surface area contributed by atoms with Crippen LogP contribution < -0.4 is 11.5 Å². The van der Waals surface area contributed by atoms with Crippen LogP contribution in [-0.2, 0) is 11.3 Å². The van der Waals surface area contributed by atoms with Gasteiger partial charge in [-0.25, -0.2) is 4.39 Å². The van der Waals surface area contributed by atoms with Crippen molar-refractivity contribution in [2.75, 3.05) is 13.1 Å². The van der Waals surface area contributed by atoms with Crippen molar-refractivity contribution in [3.05, 3.63) is 58.1 Å². The maximum atomic E-state index is 14.1. The second-order valence-corrected chi connectivity index (χ2v) is 8.99. The highest BCUT2D eigenvalue weighted by Crippen LogP contribution is 2.36. The second kappa shape index (κ2) is 9.83. The Kier molecular flexibility index (Phi) is 7.38. The fourth-order valence-electron chi connectivity index (χ4n) is 4.39. The molecular formula is C23H31ClFN5O. The molecule has 5 N–H and O–H groups in total. The van der Waals surface area contributed by atoms with Gasteiger partial charge in [-0.15, -0.1) is 0 Å². The van der Waals surface area contributed by atoms with Crippen molar-refractivity contribution >= 4 is 23.8 Å². The molecular weight excluding hydrogens is 417 g/mol. The van der Waals surface area contributed by atoms with E-state index in [1.54, 1.807) is 12.1 Å². The van der Waals surface area contributed by atoms with Gasteiger partial charge in [0.25, 0.3) is 0 Å². The Labute approximate surface area is 188 Å². The van der Waals surface area contributed by atoms with E-state index in [0.717, 1.165) is 25.9 Å². The average Bonchev–Trinajstić information content (AvgIpc) is 2.71. The van der Waals surface area contributed by atoms with Crippen LogP contribution in [0.5, 0.6) is 0 Å². The van der Waals surface area contributed by atoms with E-state index in [9.17, 15) is 4.39 Å². The standard InChI is InChI=1S/C23H31ClFN5O/c1-23(2,31-20-8-4-7-19(29-14-26)21(20)22(27)28)15-9-11-30(12-10-15)13-16-17(24)5-3-6-18(16)25/h3-7,14-15,19H,8-13H2,1-2H3,(H2,26,29)(H3,27,28). The molecule has 1 unspecified atom stereocenters. The quantitative estimate of drug-likeness (QED) is 0.334. The topological polar surface area (TPSA) is 101 Å². The third-order valence-corrected chi connectivity index (χ3v) is 6.51. The zero-order valence-electron chi connectivity index (χ0n) is 18.1. The van der Waals surface area contributed by atoms with Gasteiger partial charge >= 0.3 is 0 Å². The van der Waals surface area contributed by atoms with Gasteiger partial charge < -0.3 is 16.2 Å². The van der Waals surface area contributed by atoms with E-state index in [4.69, 9.17) is 33.2 Å². The Morgan fingerprint density at radius 1 is 1.39 bits per heavy atom. The van der Waals surface area contributed by atoms with Gasteiger partial charge in [0.1, 0.15) is 29.1 Å². The lowest BCUT2D eigenvalue weighted by atomic mass is 9.82. The van der Waals surface area contributed by atoms with Gasteiger partial charge in [-0.1, -0.05) is 29.8 Å². The molecule has 1 aliphatic heterocycles. The molecule has 0 aromatic heterocycles. The van der Waals surface area contributed by atoms with Gasteiger partial charge in [0.2, 0.25) is 0 Å². The number of rotatable bonds is 7. The average molecular weight is 448 g/mol. The van der Waals surface area contributed by atoms with E-state index in [0.29, 0.717) is 40.8 Å². The van der Waals surface area contributed by atoms with Crippen molar-refractivity contribution in [1.29, 1.82) is 5.41 Å². The highest BCUT2D eigenvalue weighted by atomic mass is 35.5. The lowest BCUT2D eigenvalue weighted by Gasteiger charge is -2.42. The summed E-state index contributed by atoms with van der Waals surface area (Å²) in [6.07, 6.45) is 7.48. The SMILES string of the molecule is CC(C)(OC1=C(C(=N)N)C(N=CN)C=CC1)C1CCN(Cc2c(F)cccc2Cl)CC1. The lowest BCUT2D eigenvalue weighted by molar-refractivity contribution is -0.0430. The summed E-state index contributed by atoms with van der Waals surface area (Å²) >= 11 is 6.19. The minimum Gasteiger partial charge on any atom is -0.491 e. The molecule has 1 atom stereocenters. The Balaban J connectivity index is 1.67. The zero-order valence-corrected chi connectivity index (χ0v) is 18.8. The van der Waals surface area contributed by atoms with E-state index < -0.39 is 11.6 Å². The fourth-order valence-corrected chi connectivity index (χ4v) is 4.62. The lowest BCUT2D eigenvalue weighted by Crippen LogP contribution is -2.43. The summed E-state index contributed by atoms with van der Waals surface area (Å²) in [5, 5.41) is 8.46. The number of piperidine rings is 1.